The lowest BCUT2D eigenvalue weighted by atomic mass is 10.1. The van der Waals surface area contributed by atoms with Crippen LogP contribution in [0.4, 0.5) is 5.82 Å². The standard InChI is InChI=1S/C15H20BrN3O/c1-5-8-17-15-12(16)13(9(2)3)18-14(19-15)11-7-6-10(4)20-11/h6-7,9H,5,8H2,1-4H3,(H,17,18,19). The number of nitrogens with one attached hydrogen (secondary N) is 1. The van der Waals surface area contributed by atoms with E-state index in [1.807, 2.05) is 19.1 Å². The molecular formula is C15H20BrN3O. The van der Waals surface area contributed by atoms with Gasteiger partial charge in [-0.1, -0.05) is 20.8 Å². The number of anilines is 1. The Hall–Kier alpha value is -1.36. The maximum absolute atomic E-state index is 5.64. The lowest BCUT2D eigenvalue weighted by Gasteiger charge is -2.14. The number of aromatic nitrogens is 2. The van der Waals surface area contributed by atoms with Crippen LogP contribution in [0.2, 0.25) is 0 Å². The third-order valence-corrected chi connectivity index (χ3v) is 3.71. The van der Waals surface area contributed by atoms with Gasteiger partial charge in [-0.2, -0.15) is 0 Å². The van der Waals surface area contributed by atoms with Gasteiger partial charge in [0.25, 0.3) is 0 Å². The van der Waals surface area contributed by atoms with Crippen LogP contribution < -0.4 is 5.32 Å². The van der Waals surface area contributed by atoms with Gasteiger partial charge in [0.05, 0.1) is 10.2 Å². The molecule has 0 aromatic carbocycles. The summed E-state index contributed by atoms with van der Waals surface area (Å²) in [7, 11) is 0. The van der Waals surface area contributed by atoms with E-state index in [9.17, 15) is 0 Å². The Bertz CT molecular complexity index is 593. The molecular weight excluding hydrogens is 318 g/mol. The summed E-state index contributed by atoms with van der Waals surface area (Å²) in [6.07, 6.45) is 1.04. The van der Waals surface area contributed by atoms with Crippen LogP contribution in [0.25, 0.3) is 11.6 Å². The average Bonchev–Trinajstić information content (AvgIpc) is 2.84. The number of furan rings is 1. The van der Waals surface area contributed by atoms with Crippen molar-refractivity contribution in [2.45, 2.75) is 40.0 Å². The van der Waals surface area contributed by atoms with Gasteiger partial charge in [0.2, 0.25) is 0 Å². The number of aryl methyl sites for hydroxylation is 1. The van der Waals surface area contributed by atoms with Gasteiger partial charge in [-0.05, 0) is 47.3 Å². The highest BCUT2D eigenvalue weighted by Crippen LogP contribution is 2.31. The van der Waals surface area contributed by atoms with Crippen LogP contribution in [0.5, 0.6) is 0 Å². The molecule has 0 unspecified atom stereocenters. The van der Waals surface area contributed by atoms with Gasteiger partial charge in [-0.25, -0.2) is 9.97 Å². The van der Waals surface area contributed by atoms with E-state index in [2.05, 4.69) is 52.0 Å². The van der Waals surface area contributed by atoms with Crippen LogP contribution in [-0.2, 0) is 0 Å². The summed E-state index contributed by atoms with van der Waals surface area (Å²) < 4.78 is 6.57. The third kappa shape index (κ3) is 3.20. The molecule has 0 radical (unpaired) electrons. The van der Waals surface area contributed by atoms with E-state index in [1.165, 1.54) is 0 Å². The van der Waals surface area contributed by atoms with Crippen molar-refractivity contribution in [3.8, 4) is 11.6 Å². The summed E-state index contributed by atoms with van der Waals surface area (Å²) in [5.41, 5.74) is 0.989. The van der Waals surface area contributed by atoms with Gasteiger partial charge < -0.3 is 9.73 Å². The first-order chi connectivity index (χ1) is 9.52. The Labute approximate surface area is 128 Å². The number of halogens is 1. The lowest BCUT2D eigenvalue weighted by molar-refractivity contribution is 0.543. The molecule has 0 fully saturated rings. The third-order valence-electron chi connectivity index (χ3n) is 2.93. The Balaban J connectivity index is 2.49. The van der Waals surface area contributed by atoms with Gasteiger partial charge in [0.15, 0.2) is 11.6 Å². The Morgan fingerprint density at radius 2 is 2.05 bits per heavy atom. The second-order valence-electron chi connectivity index (χ2n) is 5.09. The molecule has 0 atom stereocenters. The number of rotatable bonds is 5. The van der Waals surface area contributed by atoms with Crippen molar-refractivity contribution in [1.82, 2.24) is 9.97 Å². The largest absolute Gasteiger partial charge is 0.458 e. The summed E-state index contributed by atoms with van der Waals surface area (Å²) in [5, 5.41) is 3.34. The highest BCUT2D eigenvalue weighted by molar-refractivity contribution is 9.10. The second-order valence-corrected chi connectivity index (χ2v) is 5.88. The van der Waals surface area contributed by atoms with Crippen molar-refractivity contribution in [3.05, 3.63) is 28.1 Å². The summed E-state index contributed by atoms with van der Waals surface area (Å²) >= 11 is 3.61. The quantitative estimate of drug-likeness (QED) is 0.854. The van der Waals surface area contributed by atoms with E-state index in [0.29, 0.717) is 17.5 Å². The molecule has 2 rings (SSSR count). The van der Waals surface area contributed by atoms with Crippen molar-refractivity contribution in [2.24, 2.45) is 0 Å². The van der Waals surface area contributed by atoms with E-state index >= 15 is 0 Å². The first kappa shape index (κ1) is 15.0. The molecule has 0 spiro atoms. The molecule has 1 N–H and O–H groups in total. The van der Waals surface area contributed by atoms with Crippen molar-refractivity contribution in [3.63, 3.8) is 0 Å². The first-order valence-corrected chi connectivity index (χ1v) is 7.70. The van der Waals surface area contributed by atoms with Crippen LogP contribution >= 0.6 is 15.9 Å². The highest BCUT2D eigenvalue weighted by Gasteiger charge is 2.17. The van der Waals surface area contributed by atoms with Gasteiger partial charge >= 0.3 is 0 Å². The number of hydrogen-bond donors (Lipinski definition) is 1. The minimum atomic E-state index is 0.310. The predicted octanol–water partition coefficient (Wildman–Crippen LogP) is 4.75. The van der Waals surface area contributed by atoms with Crippen molar-refractivity contribution >= 4 is 21.7 Å². The fourth-order valence-electron chi connectivity index (χ4n) is 1.87. The number of hydrogen-bond acceptors (Lipinski definition) is 4. The van der Waals surface area contributed by atoms with E-state index in [4.69, 9.17) is 4.42 Å². The highest BCUT2D eigenvalue weighted by atomic mass is 79.9. The summed E-state index contributed by atoms with van der Waals surface area (Å²) in [4.78, 5) is 9.21. The maximum Gasteiger partial charge on any atom is 0.197 e. The molecule has 0 aliphatic heterocycles. The van der Waals surface area contributed by atoms with Gasteiger partial charge in [-0.3, -0.25) is 0 Å². The van der Waals surface area contributed by atoms with Crippen molar-refractivity contribution in [1.29, 1.82) is 0 Å². The molecule has 5 heteroatoms. The van der Waals surface area contributed by atoms with E-state index in [-0.39, 0.29) is 0 Å². The summed E-state index contributed by atoms with van der Waals surface area (Å²) in [6.45, 7) is 9.16. The van der Waals surface area contributed by atoms with Crippen LogP contribution in [0, 0.1) is 6.92 Å². The molecule has 4 nitrogen and oxygen atoms in total. The van der Waals surface area contributed by atoms with E-state index < -0.39 is 0 Å². The zero-order valence-electron chi connectivity index (χ0n) is 12.3. The topological polar surface area (TPSA) is 51.0 Å². The van der Waals surface area contributed by atoms with Crippen LogP contribution in [-0.4, -0.2) is 16.5 Å². The predicted molar refractivity (Wildman–Crippen MR) is 85.0 cm³/mol. The normalized spacial score (nSPS) is 11.1. The van der Waals surface area contributed by atoms with Gasteiger partial charge in [0.1, 0.15) is 11.6 Å². The van der Waals surface area contributed by atoms with E-state index in [0.717, 1.165) is 34.7 Å². The monoisotopic (exact) mass is 337 g/mol. The van der Waals surface area contributed by atoms with Crippen molar-refractivity contribution in [2.75, 3.05) is 11.9 Å². The molecule has 108 valence electrons. The molecule has 2 aromatic rings. The molecule has 0 bridgehead atoms. The molecule has 2 heterocycles. The summed E-state index contributed by atoms with van der Waals surface area (Å²) in [6, 6.07) is 3.83. The number of nitrogens with zero attached hydrogens (tertiary/aromatic N) is 2. The molecule has 20 heavy (non-hydrogen) atoms. The minimum Gasteiger partial charge on any atom is -0.458 e. The fourth-order valence-corrected chi connectivity index (χ4v) is 2.65. The Kier molecular flexibility index (Phi) is 4.81. The smallest absolute Gasteiger partial charge is 0.197 e. The second kappa shape index (κ2) is 6.39. The summed E-state index contributed by atoms with van der Waals surface area (Å²) in [5.74, 6) is 3.33. The van der Waals surface area contributed by atoms with Crippen LogP contribution in [0.1, 0.15) is 44.6 Å². The zero-order chi connectivity index (χ0) is 14.7. The van der Waals surface area contributed by atoms with E-state index in [1.54, 1.807) is 0 Å². The molecule has 0 aliphatic carbocycles. The zero-order valence-corrected chi connectivity index (χ0v) is 13.9. The fraction of sp³-hybridized carbons (Fsp3) is 0.467. The minimum absolute atomic E-state index is 0.310. The Morgan fingerprint density at radius 1 is 1.30 bits per heavy atom. The lowest BCUT2D eigenvalue weighted by Crippen LogP contribution is -2.08. The molecule has 0 saturated carbocycles. The SMILES string of the molecule is CCCNc1nc(-c2ccc(C)o2)nc(C(C)C)c1Br. The molecule has 0 saturated heterocycles. The van der Waals surface area contributed by atoms with Crippen LogP contribution in [0.3, 0.4) is 0 Å². The van der Waals surface area contributed by atoms with Gasteiger partial charge in [-0.15, -0.1) is 0 Å². The maximum atomic E-state index is 5.64. The molecule has 2 aromatic heterocycles. The van der Waals surface area contributed by atoms with Crippen molar-refractivity contribution < 1.29 is 4.42 Å². The van der Waals surface area contributed by atoms with Crippen LogP contribution in [0.15, 0.2) is 21.0 Å². The molecule has 0 amide bonds. The molecule has 0 aliphatic rings. The average molecular weight is 338 g/mol. The Morgan fingerprint density at radius 3 is 2.60 bits per heavy atom. The first-order valence-electron chi connectivity index (χ1n) is 6.91. The van der Waals surface area contributed by atoms with Gasteiger partial charge in [0, 0.05) is 6.54 Å².